The molecule has 0 saturated carbocycles. The Labute approximate surface area is 190 Å². The summed E-state index contributed by atoms with van der Waals surface area (Å²) in [7, 11) is 0. The molecule has 0 radical (unpaired) electrons. The molecule has 32 heavy (non-hydrogen) atoms. The molecule has 2 saturated heterocycles. The van der Waals surface area contributed by atoms with E-state index >= 15 is 0 Å². The first-order valence-electron chi connectivity index (χ1n) is 11.9. The molecular weight excluding hydrogens is 411 g/mol. The van der Waals surface area contributed by atoms with Crippen molar-refractivity contribution in [3.63, 3.8) is 0 Å². The molecule has 7 nitrogen and oxygen atoms in total. The zero-order chi connectivity index (χ0) is 23.3. The monoisotopic (exact) mass is 448 g/mol. The Hall–Kier alpha value is -2.35. The van der Waals surface area contributed by atoms with E-state index in [0.29, 0.717) is 37.6 Å². The number of morpholine rings is 1. The van der Waals surface area contributed by atoms with Crippen LogP contribution >= 0.6 is 0 Å². The molecule has 2 N–H and O–H groups in total. The summed E-state index contributed by atoms with van der Waals surface area (Å²) in [4.78, 5) is 28.8. The van der Waals surface area contributed by atoms with Gasteiger partial charge < -0.3 is 25.2 Å². The fraction of sp³-hybridized carbons (Fsp3) is 0.667. The van der Waals surface area contributed by atoms with E-state index in [-0.39, 0.29) is 41.9 Å². The minimum atomic E-state index is -0.364. The number of piperidine rings is 1. The van der Waals surface area contributed by atoms with Gasteiger partial charge in [0.05, 0.1) is 17.9 Å². The van der Waals surface area contributed by atoms with Crippen molar-refractivity contribution in [2.45, 2.75) is 71.6 Å². The third-order valence-corrected chi connectivity index (χ3v) is 6.44. The van der Waals surface area contributed by atoms with Crippen molar-refractivity contribution in [3.05, 3.63) is 24.0 Å². The van der Waals surface area contributed by atoms with Crippen molar-refractivity contribution in [2.24, 2.45) is 5.92 Å². The zero-order valence-electron chi connectivity index (χ0n) is 19.7. The summed E-state index contributed by atoms with van der Waals surface area (Å²) >= 11 is 0. The fourth-order valence-electron chi connectivity index (χ4n) is 4.71. The number of rotatable bonds is 6. The molecule has 2 atom stereocenters. The average Bonchev–Trinajstić information content (AvgIpc) is 2.74. The van der Waals surface area contributed by atoms with Crippen molar-refractivity contribution in [2.75, 3.05) is 36.4 Å². The third-order valence-electron chi connectivity index (χ3n) is 6.44. The molecule has 0 spiro atoms. The number of nitrogens with zero attached hydrogens (tertiary/aromatic N) is 2. The van der Waals surface area contributed by atoms with Gasteiger partial charge in [0.25, 0.3) is 0 Å². The van der Waals surface area contributed by atoms with Crippen molar-refractivity contribution < 1.29 is 18.7 Å². The van der Waals surface area contributed by atoms with E-state index < -0.39 is 0 Å². The summed E-state index contributed by atoms with van der Waals surface area (Å²) < 4.78 is 20.5. The number of likely N-dealkylation sites (tertiary alicyclic amines) is 1. The second kappa shape index (κ2) is 11.0. The van der Waals surface area contributed by atoms with E-state index in [0.717, 1.165) is 25.7 Å². The maximum atomic E-state index is 14.7. The van der Waals surface area contributed by atoms with Gasteiger partial charge in [-0.15, -0.1) is 0 Å². The Balaban J connectivity index is 1.49. The van der Waals surface area contributed by atoms with Gasteiger partial charge in [-0.05, 0) is 57.7 Å². The van der Waals surface area contributed by atoms with Gasteiger partial charge in [0.2, 0.25) is 5.91 Å². The van der Waals surface area contributed by atoms with Crippen molar-refractivity contribution >= 4 is 23.3 Å². The molecule has 1 aromatic carbocycles. The largest absolute Gasteiger partial charge is 0.372 e. The number of ether oxygens (including phenoxy) is 1. The molecule has 2 aliphatic heterocycles. The van der Waals surface area contributed by atoms with Crippen molar-refractivity contribution in [1.29, 1.82) is 0 Å². The van der Waals surface area contributed by atoms with Crippen LogP contribution in [0.5, 0.6) is 0 Å². The normalized spacial score (nSPS) is 22.2. The molecule has 2 aliphatic rings. The summed E-state index contributed by atoms with van der Waals surface area (Å²) in [6, 6.07) is 4.44. The summed E-state index contributed by atoms with van der Waals surface area (Å²) in [6.45, 7) is 10.6. The van der Waals surface area contributed by atoms with Crippen LogP contribution in [0.15, 0.2) is 18.2 Å². The van der Waals surface area contributed by atoms with Crippen molar-refractivity contribution in [3.8, 4) is 0 Å². The van der Waals surface area contributed by atoms with Gasteiger partial charge in [-0.2, -0.15) is 0 Å². The second-order valence-electron chi connectivity index (χ2n) is 9.04. The van der Waals surface area contributed by atoms with Crippen molar-refractivity contribution in [1.82, 2.24) is 10.2 Å². The maximum Gasteiger partial charge on any atom is 0.319 e. The van der Waals surface area contributed by atoms with Gasteiger partial charge in [-0.25, -0.2) is 9.18 Å². The lowest BCUT2D eigenvalue weighted by molar-refractivity contribution is -0.136. The van der Waals surface area contributed by atoms with E-state index in [2.05, 4.69) is 10.6 Å². The van der Waals surface area contributed by atoms with Crippen LogP contribution in [0.2, 0.25) is 0 Å². The van der Waals surface area contributed by atoms with Gasteiger partial charge in [0.15, 0.2) is 0 Å². The molecule has 0 bridgehead atoms. The molecule has 2 fully saturated rings. The van der Waals surface area contributed by atoms with Gasteiger partial charge in [-0.1, -0.05) is 13.8 Å². The molecule has 178 valence electrons. The average molecular weight is 449 g/mol. The highest BCUT2D eigenvalue weighted by Crippen LogP contribution is 2.26. The van der Waals surface area contributed by atoms with E-state index in [1.54, 1.807) is 12.1 Å². The van der Waals surface area contributed by atoms with Crippen LogP contribution in [0.4, 0.5) is 20.6 Å². The molecule has 1 aromatic rings. The number of amides is 3. The molecular formula is C24H37FN4O3. The SMILES string of the molecule is CCC(CC)C(=O)N1CCC(NC(=O)Nc2ccc(N3CC(C)OC(C)C3)c(F)c2)CC1. The number of anilines is 2. The lowest BCUT2D eigenvalue weighted by Crippen LogP contribution is -2.48. The smallest absolute Gasteiger partial charge is 0.319 e. The molecule has 2 heterocycles. The quantitative estimate of drug-likeness (QED) is 0.690. The van der Waals surface area contributed by atoms with Gasteiger partial charge in [-0.3, -0.25) is 4.79 Å². The first kappa shape index (κ1) is 24.3. The number of halogens is 1. The molecule has 0 aliphatic carbocycles. The lowest BCUT2D eigenvalue weighted by atomic mass is 9.98. The summed E-state index contributed by atoms with van der Waals surface area (Å²) in [5, 5.41) is 5.69. The van der Waals surface area contributed by atoms with E-state index in [1.165, 1.54) is 6.07 Å². The predicted octanol–water partition coefficient (Wildman–Crippen LogP) is 3.99. The van der Waals surface area contributed by atoms with E-state index in [1.807, 2.05) is 37.5 Å². The Kier molecular flexibility index (Phi) is 8.34. The number of benzene rings is 1. The highest BCUT2D eigenvalue weighted by atomic mass is 19.1. The third kappa shape index (κ3) is 6.12. The number of urea groups is 1. The van der Waals surface area contributed by atoms with Gasteiger partial charge in [0.1, 0.15) is 5.82 Å². The van der Waals surface area contributed by atoms with Crippen LogP contribution in [0.25, 0.3) is 0 Å². The molecule has 2 unspecified atom stereocenters. The Morgan fingerprint density at radius 2 is 1.75 bits per heavy atom. The van der Waals surface area contributed by atoms with Gasteiger partial charge >= 0.3 is 6.03 Å². The standard InChI is InChI=1S/C24H37FN4O3/c1-5-18(6-2)23(30)28-11-9-19(10-12-28)26-24(31)27-20-7-8-22(21(25)13-20)29-14-16(3)32-17(4)15-29/h7-8,13,16-19H,5-6,9-12,14-15H2,1-4H3,(H2,26,27,31). The first-order chi connectivity index (χ1) is 15.3. The molecule has 3 amide bonds. The van der Waals surface area contributed by atoms with Crippen LogP contribution in [0, 0.1) is 11.7 Å². The topological polar surface area (TPSA) is 73.9 Å². The van der Waals surface area contributed by atoms with E-state index in [4.69, 9.17) is 4.74 Å². The second-order valence-corrected chi connectivity index (χ2v) is 9.04. The minimum absolute atomic E-state index is 0.00111. The Bertz CT molecular complexity index is 783. The molecule has 8 heteroatoms. The Morgan fingerprint density at radius 3 is 2.31 bits per heavy atom. The lowest BCUT2D eigenvalue weighted by Gasteiger charge is -2.37. The van der Waals surface area contributed by atoms with Crippen LogP contribution in [0.3, 0.4) is 0 Å². The fourth-order valence-corrected chi connectivity index (χ4v) is 4.71. The highest BCUT2D eigenvalue weighted by Gasteiger charge is 2.27. The Morgan fingerprint density at radius 1 is 1.12 bits per heavy atom. The number of carbonyl (C=O) groups is 2. The van der Waals surface area contributed by atoms with Gasteiger partial charge in [0, 0.05) is 43.8 Å². The summed E-state index contributed by atoms with van der Waals surface area (Å²) in [6.07, 6.45) is 3.24. The van der Waals surface area contributed by atoms with Crippen LogP contribution < -0.4 is 15.5 Å². The summed E-state index contributed by atoms with van der Waals surface area (Å²) in [5.74, 6) is -0.0561. The number of hydrogen-bond acceptors (Lipinski definition) is 4. The van der Waals surface area contributed by atoms with Crippen LogP contribution in [-0.2, 0) is 9.53 Å². The highest BCUT2D eigenvalue weighted by molar-refractivity contribution is 5.89. The zero-order valence-corrected chi connectivity index (χ0v) is 19.7. The minimum Gasteiger partial charge on any atom is -0.372 e. The molecule has 3 rings (SSSR count). The van der Waals surface area contributed by atoms with E-state index in [9.17, 15) is 14.0 Å². The number of carbonyl (C=O) groups excluding carboxylic acids is 2. The first-order valence-corrected chi connectivity index (χ1v) is 11.9. The molecule has 0 aromatic heterocycles. The predicted molar refractivity (Wildman–Crippen MR) is 124 cm³/mol. The number of nitrogens with one attached hydrogen (secondary N) is 2. The van der Waals surface area contributed by atoms with Crippen LogP contribution in [0.1, 0.15) is 53.4 Å². The number of hydrogen-bond donors (Lipinski definition) is 2. The summed E-state index contributed by atoms with van der Waals surface area (Å²) in [5.41, 5.74) is 0.937. The maximum absolute atomic E-state index is 14.7. The van der Waals surface area contributed by atoms with Crippen LogP contribution in [-0.4, -0.2) is 61.3 Å².